The standard InChI is InChI=1S/C15H14N2O2S/c1-8-4-5-20-11(8)7-16-17-14(18)12-9-2-3-10(6-9)13(12)15(17)19/h2-5,7,9-10,12-13H,6H2,1H3. The van der Waals surface area contributed by atoms with Gasteiger partial charge >= 0.3 is 0 Å². The van der Waals surface area contributed by atoms with Gasteiger partial charge in [0.05, 0.1) is 22.9 Å². The molecule has 2 fully saturated rings. The fraction of sp³-hybridized carbons (Fsp3) is 0.400. The quantitative estimate of drug-likeness (QED) is 0.475. The van der Waals surface area contributed by atoms with Crippen molar-refractivity contribution in [1.29, 1.82) is 0 Å². The molecule has 5 heteroatoms. The molecular formula is C15H14N2O2S. The maximum atomic E-state index is 12.4. The summed E-state index contributed by atoms with van der Waals surface area (Å²) in [7, 11) is 0. The third kappa shape index (κ3) is 1.50. The summed E-state index contributed by atoms with van der Waals surface area (Å²) in [6.07, 6.45) is 6.77. The van der Waals surface area contributed by atoms with E-state index in [9.17, 15) is 9.59 Å². The summed E-state index contributed by atoms with van der Waals surface area (Å²) in [5.41, 5.74) is 1.11. The molecule has 1 aromatic heterocycles. The Morgan fingerprint density at radius 2 is 1.90 bits per heavy atom. The van der Waals surface area contributed by atoms with E-state index in [-0.39, 0.29) is 35.5 Å². The number of hydrogen-bond acceptors (Lipinski definition) is 4. The molecule has 4 rings (SSSR count). The van der Waals surface area contributed by atoms with E-state index in [4.69, 9.17) is 0 Å². The van der Waals surface area contributed by atoms with Gasteiger partial charge in [-0.05, 0) is 42.2 Å². The van der Waals surface area contributed by atoms with Crippen molar-refractivity contribution in [2.75, 3.05) is 0 Å². The molecule has 0 aromatic carbocycles. The predicted molar refractivity (Wildman–Crippen MR) is 76.2 cm³/mol. The van der Waals surface area contributed by atoms with Crippen LogP contribution in [-0.2, 0) is 9.59 Å². The smallest absolute Gasteiger partial charge is 0.254 e. The molecule has 4 unspecified atom stereocenters. The Balaban J connectivity index is 1.62. The topological polar surface area (TPSA) is 49.7 Å². The molecule has 1 saturated heterocycles. The van der Waals surface area contributed by atoms with Crippen molar-refractivity contribution in [3.8, 4) is 0 Å². The molecule has 1 saturated carbocycles. The molecule has 0 N–H and O–H groups in total. The molecule has 3 aliphatic rings. The van der Waals surface area contributed by atoms with Crippen molar-refractivity contribution in [2.24, 2.45) is 28.8 Å². The second-order valence-corrected chi connectivity index (χ2v) is 6.65. The number of carbonyl (C=O) groups is 2. The maximum Gasteiger partial charge on any atom is 0.254 e. The van der Waals surface area contributed by atoms with E-state index in [0.29, 0.717) is 0 Å². The Morgan fingerprint density at radius 3 is 2.45 bits per heavy atom. The van der Waals surface area contributed by atoms with Gasteiger partial charge in [0.25, 0.3) is 11.8 Å². The van der Waals surface area contributed by atoms with E-state index in [1.165, 1.54) is 0 Å². The molecule has 4 atom stereocenters. The van der Waals surface area contributed by atoms with Crippen LogP contribution in [0.5, 0.6) is 0 Å². The summed E-state index contributed by atoms with van der Waals surface area (Å²) in [6, 6.07) is 2.00. The Labute approximate surface area is 120 Å². The first-order chi connectivity index (χ1) is 9.66. The molecule has 0 spiro atoms. The molecule has 2 amide bonds. The van der Waals surface area contributed by atoms with Crippen LogP contribution in [0, 0.1) is 30.6 Å². The van der Waals surface area contributed by atoms with Gasteiger partial charge in [0.2, 0.25) is 0 Å². The van der Waals surface area contributed by atoms with Crippen LogP contribution in [-0.4, -0.2) is 23.0 Å². The van der Waals surface area contributed by atoms with Gasteiger partial charge in [-0.25, -0.2) is 0 Å². The largest absolute Gasteiger partial charge is 0.272 e. The van der Waals surface area contributed by atoms with E-state index in [2.05, 4.69) is 17.3 Å². The molecule has 2 aliphatic carbocycles. The number of hydrazone groups is 1. The number of thiophene rings is 1. The fourth-order valence-corrected chi connectivity index (χ4v) is 4.41. The Kier molecular flexibility index (Phi) is 2.48. The Bertz CT molecular complexity index is 631. The molecule has 1 aliphatic heterocycles. The molecule has 102 valence electrons. The second kappa shape index (κ2) is 4.12. The summed E-state index contributed by atoms with van der Waals surface area (Å²) < 4.78 is 0. The van der Waals surface area contributed by atoms with Crippen LogP contribution >= 0.6 is 11.3 Å². The number of rotatable bonds is 2. The summed E-state index contributed by atoms with van der Waals surface area (Å²) in [5.74, 6) is -0.0990. The summed E-state index contributed by atoms with van der Waals surface area (Å²) >= 11 is 1.56. The highest BCUT2D eigenvalue weighted by atomic mass is 32.1. The molecule has 2 bridgehead atoms. The highest BCUT2D eigenvalue weighted by molar-refractivity contribution is 7.11. The highest BCUT2D eigenvalue weighted by Gasteiger charge is 2.59. The SMILES string of the molecule is Cc1ccsc1C=NN1C(=O)C2C3C=CC(C3)C2C1=O. The van der Waals surface area contributed by atoms with E-state index in [1.54, 1.807) is 17.6 Å². The fourth-order valence-electron chi connectivity index (χ4n) is 3.63. The summed E-state index contributed by atoms with van der Waals surface area (Å²) in [4.78, 5) is 25.8. The van der Waals surface area contributed by atoms with Crippen LogP contribution in [0.4, 0.5) is 0 Å². The monoisotopic (exact) mass is 286 g/mol. The van der Waals surface area contributed by atoms with Crippen LogP contribution < -0.4 is 0 Å². The van der Waals surface area contributed by atoms with Gasteiger partial charge in [0.15, 0.2) is 0 Å². The van der Waals surface area contributed by atoms with Gasteiger partial charge in [-0.15, -0.1) is 11.3 Å². The molecule has 4 nitrogen and oxygen atoms in total. The average molecular weight is 286 g/mol. The van der Waals surface area contributed by atoms with Crippen molar-refractivity contribution in [3.05, 3.63) is 34.0 Å². The van der Waals surface area contributed by atoms with Gasteiger partial charge in [-0.2, -0.15) is 10.1 Å². The minimum Gasteiger partial charge on any atom is -0.272 e. The number of nitrogens with zero attached hydrogens (tertiary/aromatic N) is 2. The van der Waals surface area contributed by atoms with Crippen molar-refractivity contribution in [3.63, 3.8) is 0 Å². The van der Waals surface area contributed by atoms with Gasteiger partial charge in [0.1, 0.15) is 0 Å². The van der Waals surface area contributed by atoms with Crippen molar-refractivity contribution in [1.82, 2.24) is 5.01 Å². The van der Waals surface area contributed by atoms with Gasteiger partial charge in [-0.1, -0.05) is 12.2 Å². The zero-order valence-corrected chi connectivity index (χ0v) is 11.8. The van der Waals surface area contributed by atoms with E-state index < -0.39 is 0 Å². The second-order valence-electron chi connectivity index (χ2n) is 5.70. The molecule has 2 heterocycles. The van der Waals surface area contributed by atoms with Crippen LogP contribution in [0.1, 0.15) is 16.9 Å². The lowest BCUT2D eigenvalue weighted by molar-refractivity contribution is -0.140. The van der Waals surface area contributed by atoms with Crippen molar-refractivity contribution in [2.45, 2.75) is 13.3 Å². The lowest BCUT2D eigenvalue weighted by Crippen LogP contribution is -2.28. The van der Waals surface area contributed by atoms with Crippen molar-refractivity contribution >= 4 is 29.4 Å². The van der Waals surface area contributed by atoms with Gasteiger partial charge in [0, 0.05) is 0 Å². The molecule has 1 aromatic rings. The Morgan fingerprint density at radius 1 is 1.25 bits per heavy atom. The zero-order chi connectivity index (χ0) is 13.9. The lowest BCUT2D eigenvalue weighted by Gasteiger charge is -2.13. The number of fused-ring (bicyclic) bond motifs is 5. The third-order valence-corrected chi connectivity index (χ3v) is 5.59. The molecule has 20 heavy (non-hydrogen) atoms. The normalized spacial score (nSPS) is 34.8. The Hall–Kier alpha value is -1.75. The van der Waals surface area contributed by atoms with E-state index >= 15 is 0 Å². The van der Waals surface area contributed by atoms with Crippen LogP contribution in [0.3, 0.4) is 0 Å². The number of imide groups is 1. The first-order valence-electron chi connectivity index (χ1n) is 6.81. The number of allylic oxidation sites excluding steroid dienone is 2. The van der Waals surface area contributed by atoms with E-state index in [0.717, 1.165) is 21.9 Å². The van der Waals surface area contributed by atoms with Crippen LogP contribution in [0.25, 0.3) is 0 Å². The van der Waals surface area contributed by atoms with Crippen LogP contribution in [0.15, 0.2) is 28.7 Å². The first kappa shape index (κ1) is 12.0. The van der Waals surface area contributed by atoms with Crippen LogP contribution in [0.2, 0.25) is 0 Å². The molecule has 0 radical (unpaired) electrons. The average Bonchev–Trinajstić information content (AvgIpc) is 3.16. The molecular weight excluding hydrogens is 272 g/mol. The van der Waals surface area contributed by atoms with Gasteiger partial charge < -0.3 is 0 Å². The minimum absolute atomic E-state index is 0.123. The highest BCUT2D eigenvalue weighted by Crippen LogP contribution is 2.52. The maximum absolute atomic E-state index is 12.4. The number of aryl methyl sites for hydroxylation is 1. The number of amides is 2. The minimum atomic E-state index is -0.168. The summed E-state index contributed by atoms with van der Waals surface area (Å²) in [5, 5.41) is 7.23. The zero-order valence-electron chi connectivity index (χ0n) is 11.0. The lowest BCUT2D eigenvalue weighted by atomic mass is 9.85. The van der Waals surface area contributed by atoms with Gasteiger partial charge in [-0.3, -0.25) is 9.59 Å². The summed E-state index contributed by atoms with van der Waals surface area (Å²) in [6.45, 7) is 1.99. The first-order valence-corrected chi connectivity index (χ1v) is 7.69. The number of hydrogen-bond donors (Lipinski definition) is 0. The third-order valence-electron chi connectivity index (χ3n) is 4.64. The van der Waals surface area contributed by atoms with E-state index in [1.807, 2.05) is 18.4 Å². The van der Waals surface area contributed by atoms with Crippen molar-refractivity contribution < 1.29 is 9.59 Å². The predicted octanol–water partition coefficient (Wildman–Crippen LogP) is 2.20. The number of carbonyl (C=O) groups excluding carboxylic acids is 2.